The zero-order valence-corrected chi connectivity index (χ0v) is 15.3. The molecule has 0 aliphatic heterocycles. The first-order valence-electron chi connectivity index (χ1n) is 9.06. The molecule has 0 spiro atoms. The van der Waals surface area contributed by atoms with E-state index in [0.717, 1.165) is 0 Å². The van der Waals surface area contributed by atoms with Gasteiger partial charge >= 0.3 is 0 Å². The van der Waals surface area contributed by atoms with Gasteiger partial charge in [-0.05, 0) is 68.8 Å². The normalized spacial score (nSPS) is 14.7. The monoisotopic (exact) mass is 322 g/mol. The number of aryl methyl sites for hydroxylation is 2. The van der Waals surface area contributed by atoms with E-state index in [1.165, 1.54) is 54.9 Å². The molecule has 25 heavy (non-hydrogen) atoms. The molecule has 0 nitrogen and oxygen atoms in total. The molecule has 4 aromatic carbocycles. The van der Waals surface area contributed by atoms with Gasteiger partial charge in [0.05, 0.1) is 0 Å². The Kier molecular flexibility index (Phi) is 2.78. The maximum absolute atomic E-state index is 2.42. The highest BCUT2D eigenvalue weighted by Crippen LogP contribution is 2.54. The topological polar surface area (TPSA) is 0 Å². The Morgan fingerprint density at radius 3 is 1.32 bits per heavy atom. The van der Waals surface area contributed by atoms with E-state index in [9.17, 15) is 0 Å². The summed E-state index contributed by atoms with van der Waals surface area (Å²) in [6.45, 7) is 9.23. The van der Waals surface area contributed by atoms with Crippen LogP contribution in [0.25, 0.3) is 32.7 Å². The van der Waals surface area contributed by atoms with Gasteiger partial charge in [0.2, 0.25) is 0 Å². The second kappa shape index (κ2) is 4.73. The molecule has 0 bridgehead atoms. The quantitative estimate of drug-likeness (QED) is 0.330. The summed E-state index contributed by atoms with van der Waals surface area (Å²) in [5.74, 6) is 0. The van der Waals surface area contributed by atoms with Crippen LogP contribution in [0.5, 0.6) is 0 Å². The van der Waals surface area contributed by atoms with E-state index in [-0.39, 0.29) is 5.41 Å². The molecule has 0 aromatic heterocycles. The SMILES string of the molecule is Cc1cc2c(c3ccccc13)-c1c(cc(C)c3ccccc13)C2(C)C. The van der Waals surface area contributed by atoms with Gasteiger partial charge in [-0.1, -0.05) is 74.5 Å². The van der Waals surface area contributed by atoms with Gasteiger partial charge in [0.15, 0.2) is 0 Å². The van der Waals surface area contributed by atoms with Crippen molar-refractivity contribution in [1.29, 1.82) is 0 Å². The molecule has 0 saturated heterocycles. The fraction of sp³-hybridized carbons (Fsp3) is 0.200. The lowest BCUT2D eigenvalue weighted by Gasteiger charge is -2.23. The van der Waals surface area contributed by atoms with E-state index in [1.807, 2.05) is 0 Å². The van der Waals surface area contributed by atoms with Crippen LogP contribution in [0.3, 0.4) is 0 Å². The van der Waals surface area contributed by atoms with Crippen molar-refractivity contribution in [3.63, 3.8) is 0 Å². The molecule has 0 fully saturated rings. The summed E-state index contributed by atoms with van der Waals surface area (Å²) in [6, 6.07) is 22.6. The molecule has 0 atom stereocenters. The minimum absolute atomic E-state index is 0.0360. The molecule has 0 heterocycles. The van der Waals surface area contributed by atoms with E-state index in [2.05, 4.69) is 88.4 Å². The van der Waals surface area contributed by atoms with Gasteiger partial charge < -0.3 is 0 Å². The minimum atomic E-state index is 0.0360. The third-order valence-corrected chi connectivity index (χ3v) is 6.10. The van der Waals surface area contributed by atoms with Crippen molar-refractivity contribution in [3.05, 3.63) is 82.9 Å². The average Bonchev–Trinajstić information content (AvgIpc) is 2.84. The largest absolute Gasteiger partial charge is 0.0616 e. The number of hydrogen-bond donors (Lipinski definition) is 0. The van der Waals surface area contributed by atoms with E-state index in [4.69, 9.17) is 0 Å². The fourth-order valence-corrected chi connectivity index (χ4v) is 4.78. The highest BCUT2D eigenvalue weighted by atomic mass is 14.4. The molecule has 1 aliphatic rings. The predicted molar refractivity (Wildman–Crippen MR) is 108 cm³/mol. The first-order valence-corrected chi connectivity index (χ1v) is 9.06. The molecular weight excluding hydrogens is 300 g/mol. The van der Waals surface area contributed by atoms with E-state index in [0.29, 0.717) is 0 Å². The van der Waals surface area contributed by atoms with Crippen LogP contribution in [0.4, 0.5) is 0 Å². The van der Waals surface area contributed by atoms with Gasteiger partial charge in [0, 0.05) is 5.41 Å². The number of rotatable bonds is 0. The minimum Gasteiger partial charge on any atom is -0.0616 e. The first-order chi connectivity index (χ1) is 12.0. The second-order valence-corrected chi connectivity index (χ2v) is 7.95. The maximum atomic E-state index is 2.42. The highest BCUT2D eigenvalue weighted by Gasteiger charge is 2.38. The Morgan fingerprint density at radius 2 is 0.920 bits per heavy atom. The summed E-state index contributed by atoms with van der Waals surface area (Å²) in [5.41, 5.74) is 8.60. The molecule has 5 rings (SSSR count). The number of hydrogen-bond acceptors (Lipinski definition) is 0. The second-order valence-electron chi connectivity index (χ2n) is 7.95. The fourth-order valence-electron chi connectivity index (χ4n) is 4.78. The third-order valence-electron chi connectivity index (χ3n) is 6.10. The van der Waals surface area contributed by atoms with Crippen LogP contribution in [0.15, 0.2) is 60.7 Å². The molecular formula is C25H22. The average molecular weight is 322 g/mol. The van der Waals surface area contributed by atoms with Gasteiger partial charge in [-0.3, -0.25) is 0 Å². The van der Waals surface area contributed by atoms with Crippen molar-refractivity contribution in [3.8, 4) is 11.1 Å². The Morgan fingerprint density at radius 1 is 0.560 bits per heavy atom. The van der Waals surface area contributed by atoms with Gasteiger partial charge in [-0.25, -0.2) is 0 Å². The summed E-state index contributed by atoms with van der Waals surface area (Å²) in [7, 11) is 0. The van der Waals surface area contributed by atoms with Crippen LogP contribution in [-0.2, 0) is 5.41 Å². The molecule has 0 radical (unpaired) electrons. The predicted octanol–water partition coefficient (Wildman–Crippen LogP) is 6.92. The Labute approximate surface area is 149 Å². The summed E-state index contributed by atoms with van der Waals surface area (Å²) in [6.07, 6.45) is 0. The molecule has 0 heteroatoms. The number of benzene rings is 4. The molecule has 122 valence electrons. The summed E-state index contributed by atoms with van der Waals surface area (Å²) >= 11 is 0. The van der Waals surface area contributed by atoms with Crippen LogP contribution in [-0.4, -0.2) is 0 Å². The molecule has 0 amide bonds. The maximum Gasteiger partial charge on any atom is 0.0159 e. The van der Waals surface area contributed by atoms with E-state index < -0.39 is 0 Å². The van der Waals surface area contributed by atoms with Crippen LogP contribution < -0.4 is 0 Å². The summed E-state index contributed by atoms with van der Waals surface area (Å²) < 4.78 is 0. The van der Waals surface area contributed by atoms with Gasteiger partial charge in [-0.2, -0.15) is 0 Å². The van der Waals surface area contributed by atoms with Crippen LogP contribution in [0, 0.1) is 13.8 Å². The molecule has 0 N–H and O–H groups in total. The Bertz CT molecular complexity index is 1080. The van der Waals surface area contributed by atoms with Crippen molar-refractivity contribution >= 4 is 21.5 Å². The van der Waals surface area contributed by atoms with Crippen molar-refractivity contribution in [1.82, 2.24) is 0 Å². The van der Waals surface area contributed by atoms with Crippen molar-refractivity contribution in [2.45, 2.75) is 33.1 Å². The molecule has 0 saturated carbocycles. The lowest BCUT2D eigenvalue weighted by molar-refractivity contribution is 0.660. The molecule has 4 aromatic rings. The van der Waals surface area contributed by atoms with Gasteiger partial charge in [-0.15, -0.1) is 0 Å². The van der Waals surface area contributed by atoms with Crippen LogP contribution in [0.1, 0.15) is 36.1 Å². The standard InChI is InChI=1S/C25H22/c1-15-13-21-23(19-11-7-5-9-17(15)19)24-20-12-8-6-10-18(20)16(2)14-22(24)25(21,3)4/h5-14H,1-4H3. The van der Waals surface area contributed by atoms with Crippen LogP contribution in [0.2, 0.25) is 0 Å². The third kappa shape index (κ3) is 1.77. The number of fused-ring (bicyclic) bond motifs is 7. The summed E-state index contributed by atoms with van der Waals surface area (Å²) in [5, 5.41) is 5.51. The lowest BCUT2D eigenvalue weighted by atomic mass is 9.80. The lowest BCUT2D eigenvalue weighted by Crippen LogP contribution is -2.15. The zero-order chi connectivity index (χ0) is 17.3. The van der Waals surface area contributed by atoms with E-state index in [1.54, 1.807) is 0 Å². The van der Waals surface area contributed by atoms with Crippen molar-refractivity contribution < 1.29 is 0 Å². The summed E-state index contributed by atoms with van der Waals surface area (Å²) in [4.78, 5) is 0. The van der Waals surface area contributed by atoms with Crippen LogP contribution >= 0.6 is 0 Å². The Balaban J connectivity index is 2.08. The van der Waals surface area contributed by atoms with Gasteiger partial charge in [0.25, 0.3) is 0 Å². The van der Waals surface area contributed by atoms with Crippen molar-refractivity contribution in [2.75, 3.05) is 0 Å². The van der Waals surface area contributed by atoms with Crippen molar-refractivity contribution in [2.24, 2.45) is 0 Å². The molecule has 0 unspecified atom stereocenters. The molecule has 1 aliphatic carbocycles. The van der Waals surface area contributed by atoms with Gasteiger partial charge in [0.1, 0.15) is 0 Å². The first kappa shape index (κ1) is 14.7. The smallest absolute Gasteiger partial charge is 0.0159 e. The highest BCUT2D eigenvalue weighted by molar-refractivity contribution is 6.12. The van der Waals surface area contributed by atoms with E-state index >= 15 is 0 Å². The zero-order valence-electron chi connectivity index (χ0n) is 15.3. The Hall–Kier alpha value is -2.60.